The van der Waals surface area contributed by atoms with Crippen LogP contribution in [0.3, 0.4) is 0 Å². The highest BCUT2D eigenvalue weighted by atomic mass is 16.3. The molecule has 2 rings (SSSR count). The minimum Gasteiger partial charge on any atom is -0.382 e. The molecule has 0 spiro atoms. The second-order valence-electron chi connectivity index (χ2n) is 7.64. The Labute approximate surface area is 173 Å². The van der Waals surface area contributed by atoms with Crippen molar-refractivity contribution in [3.05, 3.63) is 0 Å². The van der Waals surface area contributed by atoms with Gasteiger partial charge in [0.15, 0.2) is 6.10 Å². The number of aliphatic hydroxyl groups is 2. The molecule has 158 valence electrons. The van der Waals surface area contributed by atoms with Gasteiger partial charge in [0.2, 0.25) is 5.91 Å². The van der Waals surface area contributed by atoms with Crippen LogP contribution in [0.4, 0.5) is 0 Å². The lowest BCUT2D eigenvalue weighted by molar-refractivity contribution is -0.127. The number of carbonyl (C=O) groups is 3. The Hall–Kier alpha value is -1.73. The van der Waals surface area contributed by atoms with Crippen LogP contribution >= 0.6 is 0 Å². The standard InChI is InChI=1S/C9H16BN2O3.C9H14BN2O2/c11-9(15)8(14)7(12-10-5-13)4-6-2-1-3-6;11-5-9(14)8(12-10-6-13)4-7-2-1-3-7/h5-8,12,14H,1-4H2,(H2,11,15);6-9,12,14H,1-4H2. The Balaban J connectivity index is 0.000000291. The van der Waals surface area contributed by atoms with Crippen molar-refractivity contribution in [3.63, 3.8) is 0 Å². The molecule has 6 N–H and O–H groups in total. The van der Waals surface area contributed by atoms with Crippen LogP contribution in [0, 0.1) is 23.2 Å². The van der Waals surface area contributed by atoms with E-state index in [1.807, 2.05) is 0 Å². The zero-order valence-corrected chi connectivity index (χ0v) is 16.6. The molecule has 2 aliphatic rings. The molecule has 2 radical (unpaired) electrons. The van der Waals surface area contributed by atoms with Crippen LogP contribution in [0.25, 0.3) is 0 Å². The number of carbonyl (C=O) groups excluding carboxylic acids is 3. The molecule has 4 atom stereocenters. The fraction of sp³-hybridized carbons (Fsp3) is 0.778. The maximum absolute atomic E-state index is 10.8. The molecule has 0 aromatic heterocycles. The lowest BCUT2D eigenvalue weighted by Gasteiger charge is -2.31. The molecule has 2 fully saturated rings. The summed E-state index contributed by atoms with van der Waals surface area (Å²) in [5.41, 5.74) is 5.01. The van der Waals surface area contributed by atoms with Gasteiger partial charge in [-0.25, -0.2) is 0 Å². The Bertz CT molecular complexity index is 555. The summed E-state index contributed by atoms with van der Waals surface area (Å²) in [4.78, 5) is 31.1. The molecule has 4 unspecified atom stereocenters. The van der Waals surface area contributed by atoms with Gasteiger partial charge in [-0.1, -0.05) is 38.5 Å². The van der Waals surface area contributed by atoms with Gasteiger partial charge < -0.3 is 36.0 Å². The Morgan fingerprint density at radius 1 is 1.03 bits per heavy atom. The number of rotatable bonds is 13. The first kappa shape index (κ1) is 25.3. The Kier molecular flexibility index (Phi) is 12.5. The zero-order chi connectivity index (χ0) is 21.6. The third kappa shape index (κ3) is 9.54. The van der Waals surface area contributed by atoms with Crippen LogP contribution in [-0.4, -0.2) is 67.6 Å². The molecule has 0 heterocycles. The predicted molar refractivity (Wildman–Crippen MR) is 110 cm³/mol. The van der Waals surface area contributed by atoms with Gasteiger partial charge in [-0.2, -0.15) is 5.26 Å². The smallest absolute Gasteiger partial charge is 0.290 e. The second kappa shape index (κ2) is 14.3. The molecule has 11 heteroatoms. The van der Waals surface area contributed by atoms with Gasteiger partial charge in [0.05, 0.1) is 18.4 Å². The van der Waals surface area contributed by atoms with Crippen molar-refractivity contribution in [2.75, 3.05) is 0 Å². The van der Waals surface area contributed by atoms with Crippen molar-refractivity contribution >= 4 is 33.1 Å². The summed E-state index contributed by atoms with van der Waals surface area (Å²) in [6, 6.07) is 1.03. The highest BCUT2D eigenvalue weighted by Gasteiger charge is 2.29. The number of hydrogen-bond donors (Lipinski definition) is 5. The van der Waals surface area contributed by atoms with E-state index in [0.29, 0.717) is 30.6 Å². The lowest BCUT2D eigenvalue weighted by atomic mass is 9.78. The monoisotopic (exact) mass is 404 g/mol. The van der Waals surface area contributed by atoms with E-state index in [1.165, 1.54) is 27.7 Å². The van der Waals surface area contributed by atoms with Gasteiger partial charge in [-0.05, 0) is 24.7 Å². The van der Waals surface area contributed by atoms with E-state index in [2.05, 4.69) is 10.5 Å². The quantitative estimate of drug-likeness (QED) is 0.142. The van der Waals surface area contributed by atoms with E-state index in [-0.39, 0.29) is 6.04 Å². The number of amides is 1. The fourth-order valence-corrected chi connectivity index (χ4v) is 3.37. The van der Waals surface area contributed by atoms with E-state index in [1.54, 1.807) is 6.07 Å². The summed E-state index contributed by atoms with van der Waals surface area (Å²) in [7, 11) is 2.43. The summed E-state index contributed by atoms with van der Waals surface area (Å²) < 4.78 is 0. The van der Waals surface area contributed by atoms with Gasteiger partial charge in [0.1, 0.15) is 6.10 Å². The van der Waals surface area contributed by atoms with Crippen LogP contribution < -0.4 is 16.2 Å². The first-order valence-electron chi connectivity index (χ1n) is 10.0. The van der Waals surface area contributed by atoms with Gasteiger partial charge in [-0.15, -0.1) is 0 Å². The zero-order valence-electron chi connectivity index (χ0n) is 16.6. The maximum Gasteiger partial charge on any atom is 0.290 e. The third-order valence-corrected chi connectivity index (χ3v) is 5.57. The molecule has 0 aliphatic heterocycles. The summed E-state index contributed by atoms with van der Waals surface area (Å²) >= 11 is 0. The highest BCUT2D eigenvalue weighted by molar-refractivity contribution is 6.64. The van der Waals surface area contributed by atoms with Crippen molar-refractivity contribution in [2.45, 2.75) is 75.7 Å². The van der Waals surface area contributed by atoms with Crippen molar-refractivity contribution < 1.29 is 24.6 Å². The molecule has 1 amide bonds. The minimum atomic E-state index is -1.23. The molecule has 9 nitrogen and oxygen atoms in total. The SMILES string of the molecule is N#CC(O)C(CC1CCC1)N[B]C=O.NC(=O)C(O)C(CC1CCC1)N[B]C=O. The summed E-state index contributed by atoms with van der Waals surface area (Å²) in [6.45, 7) is 0. The molecule has 0 saturated heterocycles. The lowest BCUT2D eigenvalue weighted by Crippen LogP contribution is -2.50. The Morgan fingerprint density at radius 3 is 1.83 bits per heavy atom. The van der Waals surface area contributed by atoms with Crippen LogP contribution in [0.5, 0.6) is 0 Å². The first-order chi connectivity index (χ1) is 13.9. The third-order valence-electron chi connectivity index (χ3n) is 5.57. The number of primary amides is 1. The van der Waals surface area contributed by atoms with Crippen LogP contribution in [0.15, 0.2) is 0 Å². The van der Waals surface area contributed by atoms with E-state index in [0.717, 1.165) is 32.1 Å². The molecule has 2 saturated carbocycles. The average Bonchev–Trinajstić information content (AvgIpc) is 2.64. The molecule has 0 bridgehead atoms. The van der Waals surface area contributed by atoms with Crippen LogP contribution in [0.2, 0.25) is 0 Å². The number of nitrogens with two attached hydrogens (primary N) is 1. The minimum absolute atomic E-state index is 0.310. The van der Waals surface area contributed by atoms with E-state index < -0.39 is 24.2 Å². The Morgan fingerprint density at radius 2 is 1.48 bits per heavy atom. The van der Waals surface area contributed by atoms with Gasteiger partial charge in [0, 0.05) is 12.1 Å². The summed E-state index contributed by atoms with van der Waals surface area (Å²) in [5, 5.41) is 32.9. The predicted octanol–water partition coefficient (Wildman–Crippen LogP) is -1.38. The molecular weight excluding hydrogens is 374 g/mol. The van der Waals surface area contributed by atoms with Crippen molar-refractivity contribution in [2.24, 2.45) is 17.6 Å². The van der Waals surface area contributed by atoms with Gasteiger partial charge in [0.25, 0.3) is 14.8 Å². The van der Waals surface area contributed by atoms with E-state index >= 15 is 0 Å². The molecule has 2 aliphatic carbocycles. The number of hydrogen-bond acceptors (Lipinski definition) is 8. The largest absolute Gasteiger partial charge is 0.382 e. The number of nitriles is 1. The van der Waals surface area contributed by atoms with Crippen molar-refractivity contribution in [3.8, 4) is 6.07 Å². The number of aliphatic hydroxyl groups excluding tert-OH is 2. The van der Waals surface area contributed by atoms with Gasteiger partial charge >= 0.3 is 0 Å². The normalized spacial score (nSPS) is 20.2. The number of nitrogens with one attached hydrogen (secondary N) is 2. The summed E-state index contributed by atoms with van der Waals surface area (Å²) in [5.74, 6) is 0.359. The second-order valence-corrected chi connectivity index (χ2v) is 7.64. The van der Waals surface area contributed by atoms with Gasteiger partial charge in [-0.3, -0.25) is 4.79 Å². The number of nitrogens with zero attached hydrogens (tertiary/aromatic N) is 1. The molecular formula is C18H30B2N4O5. The first-order valence-corrected chi connectivity index (χ1v) is 10.0. The fourth-order valence-electron chi connectivity index (χ4n) is 3.37. The van der Waals surface area contributed by atoms with Crippen molar-refractivity contribution in [1.82, 2.24) is 10.5 Å². The molecule has 29 heavy (non-hydrogen) atoms. The highest BCUT2D eigenvalue weighted by Crippen LogP contribution is 2.31. The van der Waals surface area contributed by atoms with Crippen LogP contribution in [0.1, 0.15) is 51.4 Å². The van der Waals surface area contributed by atoms with E-state index in [9.17, 15) is 24.6 Å². The summed E-state index contributed by atoms with van der Waals surface area (Å²) in [6.07, 6.45) is 7.37. The average molecular weight is 404 g/mol. The van der Waals surface area contributed by atoms with Crippen molar-refractivity contribution in [1.29, 1.82) is 5.26 Å². The molecule has 0 aromatic carbocycles. The molecule has 0 aromatic rings. The van der Waals surface area contributed by atoms with E-state index in [4.69, 9.17) is 11.0 Å². The topological polar surface area (TPSA) is 166 Å². The van der Waals surface area contributed by atoms with Crippen LogP contribution in [-0.2, 0) is 14.4 Å². The maximum atomic E-state index is 10.8.